The van der Waals surface area contributed by atoms with Gasteiger partial charge in [0.25, 0.3) is 0 Å². The van der Waals surface area contributed by atoms with Gasteiger partial charge in [0, 0.05) is 38.3 Å². The van der Waals surface area contributed by atoms with E-state index in [0.29, 0.717) is 10.7 Å². The number of carbonyl (C=O) groups is 1. The molecule has 4 rings (SSSR count). The van der Waals surface area contributed by atoms with Crippen LogP contribution in [-0.2, 0) is 6.42 Å². The van der Waals surface area contributed by atoms with Crippen molar-refractivity contribution in [1.29, 1.82) is 0 Å². The molecule has 0 radical (unpaired) electrons. The Bertz CT molecular complexity index is 878. The first-order valence-electron chi connectivity index (χ1n) is 8.90. The fraction of sp³-hybridized carbons (Fsp3) is 0.300. The molecule has 1 saturated heterocycles. The molecule has 1 aliphatic carbocycles. The largest absolute Gasteiger partial charge is 0.398 e. The van der Waals surface area contributed by atoms with Crippen molar-refractivity contribution in [3.63, 3.8) is 0 Å². The molecule has 0 spiro atoms. The van der Waals surface area contributed by atoms with Crippen LogP contribution in [0.4, 0.5) is 10.7 Å². The number of anilines is 2. The normalized spacial score (nSPS) is 16.8. The van der Waals surface area contributed by atoms with E-state index < -0.39 is 0 Å². The third kappa shape index (κ3) is 3.57. The van der Waals surface area contributed by atoms with Crippen LogP contribution in [0.15, 0.2) is 42.6 Å². The second-order valence-electron chi connectivity index (χ2n) is 6.58. The number of hydrogen-bond acceptors (Lipinski definition) is 6. The van der Waals surface area contributed by atoms with E-state index in [1.165, 1.54) is 16.9 Å². The minimum Gasteiger partial charge on any atom is -0.398 e. The number of benzene rings is 1. The van der Waals surface area contributed by atoms with Crippen LogP contribution in [0.25, 0.3) is 5.57 Å². The molecule has 1 fully saturated rings. The second-order valence-corrected chi connectivity index (χ2v) is 7.59. The Hall–Kier alpha value is -2.44. The molecule has 2 heterocycles. The van der Waals surface area contributed by atoms with Crippen molar-refractivity contribution in [3.8, 4) is 0 Å². The number of rotatable bonds is 5. The van der Waals surface area contributed by atoms with Crippen LogP contribution in [-0.4, -0.2) is 36.9 Å². The Balaban J connectivity index is 1.49. The molecule has 2 aromatic rings. The molecule has 3 N–H and O–H groups in total. The Morgan fingerprint density at radius 2 is 2.15 bits per heavy atom. The summed E-state index contributed by atoms with van der Waals surface area (Å²) in [6, 6.07) is 5.95. The number of nitrogens with two attached hydrogens (primary N) is 1. The summed E-state index contributed by atoms with van der Waals surface area (Å²) in [5.41, 5.74) is 10.0. The van der Waals surface area contributed by atoms with Gasteiger partial charge in [-0.05, 0) is 35.3 Å². The van der Waals surface area contributed by atoms with Gasteiger partial charge < -0.3 is 16.0 Å². The summed E-state index contributed by atoms with van der Waals surface area (Å²) < 4.78 is 0. The van der Waals surface area contributed by atoms with Crippen molar-refractivity contribution in [2.45, 2.75) is 12.8 Å². The molecule has 6 heteroatoms. The summed E-state index contributed by atoms with van der Waals surface area (Å²) in [6.07, 6.45) is 9.33. The van der Waals surface area contributed by atoms with E-state index in [-0.39, 0.29) is 12.2 Å². The van der Waals surface area contributed by atoms with E-state index >= 15 is 0 Å². The third-order valence-electron chi connectivity index (χ3n) is 4.80. The average Bonchev–Trinajstić information content (AvgIpc) is 3.36. The highest BCUT2D eigenvalue weighted by atomic mass is 32.1. The van der Waals surface area contributed by atoms with Crippen LogP contribution in [0.5, 0.6) is 0 Å². The lowest BCUT2D eigenvalue weighted by Gasteiger charge is -2.27. The molecule has 0 unspecified atom stereocenters. The fourth-order valence-corrected chi connectivity index (χ4v) is 4.20. The molecule has 1 aromatic carbocycles. The molecular formula is C20H22N4OS. The van der Waals surface area contributed by atoms with Gasteiger partial charge in [-0.3, -0.25) is 4.79 Å². The van der Waals surface area contributed by atoms with Crippen LogP contribution >= 0.6 is 11.3 Å². The van der Waals surface area contributed by atoms with E-state index in [1.807, 2.05) is 24.4 Å². The monoisotopic (exact) mass is 366 g/mol. The van der Waals surface area contributed by atoms with Gasteiger partial charge in [-0.25, -0.2) is 4.98 Å². The predicted molar refractivity (Wildman–Crippen MR) is 108 cm³/mol. The van der Waals surface area contributed by atoms with Crippen LogP contribution in [0.3, 0.4) is 0 Å². The number of thiazole rings is 1. The number of ketones is 1. The highest BCUT2D eigenvalue weighted by molar-refractivity contribution is 7.17. The molecule has 2 aliphatic rings. The van der Waals surface area contributed by atoms with Crippen molar-refractivity contribution in [2.24, 2.45) is 0 Å². The Kier molecular flexibility index (Phi) is 4.86. The summed E-state index contributed by atoms with van der Waals surface area (Å²) >= 11 is 1.48. The van der Waals surface area contributed by atoms with Crippen molar-refractivity contribution < 1.29 is 4.79 Å². The average molecular weight is 366 g/mol. The lowest BCUT2D eigenvalue weighted by atomic mass is 9.99. The number of hydrogen-bond donors (Lipinski definition) is 2. The van der Waals surface area contributed by atoms with Gasteiger partial charge in [0.05, 0.1) is 6.20 Å². The lowest BCUT2D eigenvalue weighted by Crippen LogP contribution is -2.43. The molecular weight excluding hydrogens is 344 g/mol. The van der Waals surface area contributed by atoms with Crippen molar-refractivity contribution in [3.05, 3.63) is 58.8 Å². The third-order valence-corrected chi connectivity index (χ3v) is 5.90. The SMILES string of the molecule is Nc1ccc(C2=CC=CC2)cc1CC(=O)c1ncc(N2CCNCC2)s1. The molecule has 0 amide bonds. The van der Waals surface area contributed by atoms with Crippen LogP contribution < -0.4 is 16.0 Å². The maximum Gasteiger partial charge on any atom is 0.195 e. The first-order valence-corrected chi connectivity index (χ1v) is 9.71. The summed E-state index contributed by atoms with van der Waals surface area (Å²) in [7, 11) is 0. The number of nitrogens with one attached hydrogen (secondary N) is 1. The number of Topliss-reactive ketones (excluding diaryl/α,β-unsaturated/α-hetero) is 1. The highest BCUT2D eigenvalue weighted by Crippen LogP contribution is 2.28. The molecule has 1 aliphatic heterocycles. The topological polar surface area (TPSA) is 71.2 Å². The van der Waals surface area contributed by atoms with Crippen LogP contribution in [0.1, 0.15) is 27.3 Å². The molecule has 0 bridgehead atoms. The minimum absolute atomic E-state index is 0.0266. The van der Waals surface area contributed by atoms with Crippen molar-refractivity contribution in [2.75, 3.05) is 36.8 Å². The molecule has 134 valence electrons. The molecule has 0 saturated carbocycles. The fourth-order valence-electron chi connectivity index (χ4n) is 3.29. The van der Waals surface area contributed by atoms with E-state index in [4.69, 9.17) is 5.73 Å². The van der Waals surface area contributed by atoms with Crippen LogP contribution in [0.2, 0.25) is 0 Å². The maximum absolute atomic E-state index is 12.7. The van der Waals surface area contributed by atoms with Gasteiger partial charge in [0.1, 0.15) is 5.00 Å². The Morgan fingerprint density at radius 1 is 1.31 bits per heavy atom. The van der Waals surface area contributed by atoms with E-state index in [2.05, 4.69) is 33.4 Å². The number of piperazine rings is 1. The van der Waals surface area contributed by atoms with E-state index in [0.717, 1.165) is 48.7 Å². The van der Waals surface area contributed by atoms with Crippen LogP contribution in [0, 0.1) is 0 Å². The zero-order chi connectivity index (χ0) is 17.9. The summed E-state index contributed by atoms with van der Waals surface area (Å²) in [5, 5.41) is 4.96. The van der Waals surface area contributed by atoms with Gasteiger partial charge in [0.2, 0.25) is 0 Å². The number of carbonyl (C=O) groups excluding carboxylic acids is 1. The zero-order valence-corrected chi connectivity index (χ0v) is 15.4. The van der Waals surface area contributed by atoms with Gasteiger partial charge in [-0.15, -0.1) is 0 Å². The summed E-state index contributed by atoms with van der Waals surface area (Å²) in [5.74, 6) is 0.0266. The van der Waals surface area contributed by atoms with Crippen molar-refractivity contribution in [1.82, 2.24) is 10.3 Å². The Morgan fingerprint density at radius 3 is 2.92 bits per heavy atom. The summed E-state index contributed by atoms with van der Waals surface area (Å²) in [4.78, 5) is 19.4. The van der Waals surface area contributed by atoms with Gasteiger partial charge in [0.15, 0.2) is 10.8 Å². The molecule has 1 aromatic heterocycles. The van der Waals surface area contributed by atoms with E-state index in [1.54, 1.807) is 0 Å². The first-order chi connectivity index (χ1) is 12.7. The minimum atomic E-state index is 0.0266. The van der Waals surface area contributed by atoms with Gasteiger partial charge in [-0.2, -0.15) is 0 Å². The second kappa shape index (κ2) is 7.43. The molecule has 26 heavy (non-hydrogen) atoms. The number of nitrogen functional groups attached to an aromatic ring is 1. The number of aromatic nitrogens is 1. The van der Waals surface area contributed by atoms with Gasteiger partial charge >= 0.3 is 0 Å². The molecule has 5 nitrogen and oxygen atoms in total. The zero-order valence-electron chi connectivity index (χ0n) is 14.6. The number of nitrogens with zero attached hydrogens (tertiary/aromatic N) is 2. The quantitative estimate of drug-likeness (QED) is 0.629. The first kappa shape index (κ1) is 17.0. The molecule has 0 atom stereocenters. The van der Waals surface area contributed by atoms with E-state index in [9.17, 15) is 4.79 Å². The smallest absolute Gasteiger partial charge is 0.195 e. The maximum atomic E-state index is 12.7. The standard InChI is InChI=1S/C20H22N4OS/c21-17-6-5-15(14-3-1-2-4-14)11-16(17)12-18(25)20-23-13-19(26-20)24-9-7-22-8-10-24/h1-3,5-6,11,13,22H,4,7-10,12,21H2. The predicted octanol–water partition coefficient (Wildman–Crippen LogP) is 2.90. The summed E-state index contributed by atoms with van der Waals surface area (Å²) in [6.45, 7) is 3.84. The Labute approximate surface area is 157 Å². The lowest BCUT2D eigenvalue weighted by molar-refractivity contribution is 0.0992. The highest BCUT2D eigenvalue weighted by Gasteiger charge is 2.18. The van der Waals surface area contributed by atoms with Gasteiger partial charge in [-0.1, -0.05) is 35.6 Å². The number of allylic oxidation sites excluding steroid dienone is 4. The van der Waals surface area contributed by atoms with Crippen molar-refractivity contribution >= 4 is 33.4 Å².